The Bertz CT molecular complexity index is 1100. The second-order valence-corrected chi connectivity index (χ2v) is 7.77. The van der Waals surface area contributed by atoms with Gasteiger partial charge in [0, 0.05) is 17.1 Å². The topological polar surface area (TPSA) is 3.24 Å². The Morgan fingerprint density at radius 3 is 1.32 bits per heavy atom. The second-order valence-electron chi connectivity index (χ2n) is 7.77. The van der Waals surface area contributed by atoms with Crippen LogP contribution in [0.3, 0.4) is 0 Å². The highest BCUT2D eigenvalue weighted by Crippen LogP contribution is 2.34. The summed E-state index contributed by atoms with van der Waals surface area (Å²) in [6.45, 7) is 0. The lowest BCUT2D eigenvalue weighted by molar-refractivity contribution is 0.997. The highest BCUT2D eigenvalue weighted by Gasteiger charge is 2.14. The van der Waals surface area contributed by atoms with E-state index in [1.54, 1.807) is 0 Å². The average molecular weight is 400 g/mol. The van der Waals surface area contributed by atoms with E-state index in [2.05, 4.69) is 132 Å². The van der Waals surface area contributed by atoms with Crippen LogP contribution in [-0.2, 0) is 0 Å². The van der Waals surface area contributed by atoms with Gasteiger partial charge in [0.05, 0.1) is 0 Å². The minimum atomic E-state index is 1.08. The van der Waals surface area contributed by atoms with E-state index < -0.39 is 0 Å². The maximum atomic E-state index is 2.35. The average Bonchev–Trinajstić information content (AvgIpc) is 2.87. The predicted octanol–water partition coefficient (Wildman–Crippen LogP) is 8.39. The molecule has 0 heterocycles. The maximum absolute atomic E-state index is 2.35. The fourth-order valence-corrected chi connectivity index (χ4v) is 4.08. The lowest BCUT2D eigenvalue weighted by atomic mass is 10.0. The van der Waals surface area contributed by atoms with Crippen LogP contribution in [0.25, 0.3) is 22.3 Å². The Morgan fingerprint density at radius 1 is 0.452 bits per heavy atom. The van der Waals surface area contributed by atoms with Gasteiger partial charge in [0.2, 0.25) is 0 Å². The molecule has 150 valence electrons. The van der Waals surface area contributed by atoms with Crippen molar-refractivity contribution < 1.29 is 0 Å². The van der Waals surface area contributed by atoms with E-state index >= 15 is 0 Å². The first kappa shape index (κ1) is 19.1. The van der Waals surface area contributed by atoms with Gasteiger partial charge in [-0.2, -0.15) is 0 Å². The van der Waals surface area contributed by atoms with E-state index in [-0.39, 0.29) is 0 Å². The van der Waals surface area contributed by atoms with Gasteiger partial charge in [0.1, 0.15) is 0 Å². The van der Waals surface area contributed by atoms with Gasteiger partial charge in [-0.1, -0.05) is 97.1 Å². The van der Waals surface area contributed by atoms with Gasteiger partial charge in [-0.25, -0.2) is 0 Å². The molecule has 1 aliphatic rings. The van der Waals surface area contributed by atoms with Crippen molar-refractivity contribution in [2.75, 3.05) is 4.90 Å². The molecule has 0 fully saturated rings. The monoisotopic (exact) mass is 399 g/mol. The van der Waals surface area contributed by atoms with Gasteiger partial charge in [-0.05, 0) is 65.4 Å². The minimum Gasteiger partial charge on any atom is -0.311 e. The predicted molar refractivity (Wildman–Crippen MR) is 132 cm³/mol. The van der Waals surface area contributed by atoms with Gasteiger partial charge < -0.3 is 4.90 Å². The van der Waals surface area contributed by atoms with Crippen LogP contribution in [0.2, 0.25) is 0 Å². The van der Waals surface area contributed by atoms with Crippen molar-refractivity contribution >= 4 is 11.4 Å². The van der Waals surface area contributed by atoms with Gasteiger partial charge in [-0.3, -0.25) is 0 Å². The van der Waals surface area contributed by atoms with E-state index in [0.29, 0.717) is 0 Å². The number of hydrogen-bond acceptors (Lipinski definition) is 1. The summed E-state index contributed by atoms with van der Waals surface area (Å²) in [5, 5.41) is 0. The quantitative estimate of drug-likeness (QED) is 0.326. The van der Waals surface area contributed by atoms with Crippen LogP contribution in [0.4, 0.5) is 11.4 Å². The number of anilines is 2. The summed E-state index contributed by atoms with van der Waals surface area (Å²) in [4.78, 5) is 2.35. The second kappa shape index (κ2) is 8.89. The number of allylic oxidation sites excluding steroid dienone is 3. The van der Waals surface area contributed by atoms with Crippen LogP contribution in [0.5, 0.6) is 0 Å². The normalized spacial score (nSPS) is 13.0. The fraction of sp³-hybridized carbons (Fsp3) is 0.0667. The summed E-state index contributed by atoms with van der Waals surface area (Å²) in [7, 11) is 0. The summed E-state index contributed by atoms with van der Waals surface area (Å²) in [6, 6.07) is 38.8. The summed E-state index contributed by atoms with van der Waals surface area (Å²) in [5.74, 6) is 0. The van der Waals surface area contributed by atoms with Crippen LogP contribution >= 0.6 is 0 Å². The third-order valence-electron chi connectivity index (χ3n) is 5.70. The fourth-order valence-electron chi connectivity index (χ4n) is 4.08. The molecule has 0 N–H and O–H groups in total. The SMILES string of the molecule is C1=CC(N(c2ccc(-c3ccccc3)cc2)c2ccc(-c3ccccc3)cc2)=CCC1. The molecule has 31 heavy (non-hydrogen) atoms. The molecule has 0 saturated carbocycles. The first-order valence-corrected chi connectivity index (χ1v) is 10.9. The lowest BCUT2D eigenvalue weighted by Gasteiger charge is -2.28. The summed E-state index contributed by atoms with van der Waals surface area (Å²) in [6.07, 6.45) is 9.01. The molecule has 0 unspecified atom stereocenters. The van der Waals surface area contributed by atoms with Crippen LogP contribution in [0.1, 0.15) is 12.8 Å². The number of benzene rings is 4. The zero-order valence-corrected chi connectivity index (χ0v) is 17.5. The Balaban J connectivity index is 1.51. The van der Waals surface area contributed by atoms with Crippen LogP contribution < -0.4 is 4.90 Å². The highest BCUT2D eigenvalue weighted by molar-refractivity contribution is 5.75. The molecule has 0 aromatic heterocycles. The number of hydrogen-bond donors (Lipinski definition) is 0. The summed E-state index contributed by atoms with van der Waals surface area (Å²) in [5.41, 5.74) is 8.52. The van der Waals surface area contributed by atoms with Crippen LogP contribution in [-0.4, -0.2) is 0 Å². The Hall–Kier alpha value is -3.84. The highest BCUT2D eigenvalue weighted by atomic mass is 15.1. The Morgan fingerprint density at radius 2 is 0.903 bits per heavy atom. The molecule has 0 saturated heterocycles. The molecule has 4 aromatic carbocycles. The standard InChI is InChI=1S/C30H25N/c1-4-10-24(11-5-1)26-16-20-29(21-17-26)31(28-14-8-3-9-15-28)30-22-18-27(19-23-30)25-12-6-2-7-13-25/h1-2,4-8,10-23H,3,9H2. The van der Waals surface area contributed by atoms with E-state index in [0.717, 1.165) is 12.8 Å². The van der Waals surface area contributed by atoms with Gasteiger partial charge >= 0.3 is 0 Å². The number of rotatable bonds is 5. The van der Waals surface area contributed by atoms with E-state index in [9.17, 15) is 0 Å². The van der Waals surface area contributed by atoms with E-state index in [4.69, 9.17) is 0 Å². The molecule has 1 nitrogen and oxygen atoms in total. The van der Waals surface area contributed by atoms with Gasteiger partial charge in [0.15, 0.2) is 0 Å². The smallest absolute Gasteiger partial charge is 0.0461 e. The third-order valence-corrected chi connectivity index (χ3v) is 5.70. The largest absolute Gasteiger partial charge is 0.311 e. The molecule has 4 aromatic rings. The van der Waals surface area contributed by atoms with Crippen molar-refractivity contribution in [3.8, 4) is 22.3 Å². The molecule has 0 radical (unpaired) electrons. The van der Waals surface area contributed by atoms with Gasteiger partial charge in [0.25, 0.3) is 0 Å². The molecule has 0 spiro atoms. The van der Waals surface area contributed by atoms with Crippen molar-refractivity contribution in [1.82, 2.24) is 0 Å². The molecule has 0 atom stereocenters. The Labute approximate surface area is 184 Å². The molecule has 1 aliphatic carbocycles. The molecule has 0 bridgehead atoms. The Kier molecular flexibility index (Phi) is 5.49. The van der Waals surface area contributed by atoms with Crippen LogP contribution in [0, 0.1) is 0 Å². The minimum absolute atomic E-state index is 1.08. The number of nitrogens with zero attached hydrogens (tertiary/aromatic N) is 1. The zero-order valence-electron chi connectivity index (χ0n) is 17.5. The van der Waals surface area contributed by atoms with Crippen molar-refractivity contribution in [1.29, 1.82) is 0 Å². The molecule has 0 aliphatic heterocycles. The zero-order chi connectivity index (χ0) is 20.9. The molecule has 1 heteroatoms. The van der Waals surface area contributed by atoms with Crippen molar-refractivity contribution in [2.45, 2.75) is 12.8 Å². The van der Waals surface area contributed by atoms with Crippen molar-refractivity contribution in [3.63, 3.8) is 0 Å². The van der Waals surface area contributed by atoms with Crippen LogP contribution in [0.15, 0.2) is 133 Å². The molecule has 5 rings (SSSR count). The van der Waals surface area contributed by atoms with E-state index in [1.165, 1.54) is 39.3 Å². The van der Waals surface area contributed by atoms with Crippen molar-refractivity contribution in [3.05, 3.63) is 133 Å². The van der Waals surface area contributed by atoms with E-state index in [1.807, 2.05) is 0 Å². The first-order valence-electron chi connectivity index (χ1n) is 10.9. The maximum Gasteiger partial charge on any atom is 0.0461 e. The molecule has 0 amide bonds. The third kappa shape index (κ3) is 4.22. The summed E-state index contributed by atoms with van der Waals surface area (Å²) < 4.78 is 0. The lowest BCUT2D eigenvalue weighted by Crippen LogP contribution is -2.16. The molecular weight excluding hydrogens is 374 g/mol. The van der Waals surface area contributed by atoms with Crippen molar-refractivity contribution in [2.24, 2.45) is 0 Å². The van der Waals surface area contributed by atoms with Gasteiger partial charge in [-0.15, -0.1) is 0 Å². The summed E-state index contributed by atoms with van der Waals surface area (Å²) >= 11 is 0. The first-order chi connectivity index (χ1) is 15.4. The molecular formula is C30H25N.